The molecule has 8 N–H and O–H groups in total. The fraction of sp³-hybridized carbons (Fsp3) is 0.373. The molecule has 0 bridgehead atoms. The first kappa shape index (κ1) is 48.4. The molecule has 0 spiro atoms. The SMILES string of the molecule is CN[C@@H](Cc1ccccc1)C(=O)N[C@H](Cc1c[nH]c2ccccc12)C(=O)N[C@@H](CCCCN)C(=O)N[C@@H](Cc1ccc(C(=O)c2ccccc2)cc1)C(=O)N[C@H]1C2OC(C)(C)O[C@H]2O[C@@H]1C=O. The highest BCUT2D eigenvalue weighted by atomic mass is 16.8. The topological polar surface area (TPSA) is 232 Å². The number of ketones is 1. The second-order valence-electron chi connectivity index (χ2n) is 17.4. The van der Waals surface area contributed by atoms with Crippen LogP contribution in [0.15, 0.2) is 115 Å². The Morgan fingerprint density at radius 3 is 1.96 bits per heavy atom. The van der Waals surface area contributed by atoms with Gasteiger partial charge in [0.25, 0.3) is 0 Å². The number of aromatic nitrogens is 1. The van der Waals surface area contributed by atoms with Gasteiger partial charge < -0.3 is 56.3 Å². The zero-order valence-corrected chi connectivity index (χ0v) is 37.9. The summed E-state index contributed by atoms with van der Waals surface area (Å²) in [6, 6.07) is 27.5. The van der Waals surface area contributed by atoms with Crippen molar-refractivity contribution in [3.8, 4) is 0 Å². The molecule has 16 heteroatoms. The molecule has 3 heterocycles. The van der Waals surface area contributed by atoms with Crippen molar-refractivity contribution in [1.82, 2.24) is 31.6 Å². The van der Waals surface area contributed by atoms with Crippen LogP contribution in [0.25, 0.3) is 10.9 Å². The van der Waals surface area contributed by atoms with Gasteiger partial charge in [0, 0.05) is 41.1 Å². The van der Waals surface area contributed by atoms with Crippen molar-refractivity contribution >= 4 is 46.6 Å². The Morgan fingerprint density at radius 1 is 0.687 bits per heavy atom. The van der Waals surface area contributed by atoms with E-state index in [4.69, 9.17) is 19.9 Å². The van der Waals surface area contributed by atoms with E-state index in [0.29, 0.717) is 48.8 Å². The number of ether oxygens (including phenoxy) is 3. The first-order valence-corrected chi connectivity index (χ1v) is 22.7. The van der Waals surface area contributed by atoms with E-state index < -0.39 is 78.1 Å². The summed E-state index contributed by atoms with van der Waals surface area (Å²) in [5, 5.41) is 15.6. The van der Waals surface area contributed by atoms with Crippen LogP contribution >= 0.6 is 0 Å². The highest BCUT2D eigenvalue weighted by Gasteiger charge is 2.55. The number of aldehydes is 1. The second-order valence-corrected chi connectivity index (χ2v) is 17.4. The van der Waals surface area contributed by atoms with Gasteiger partial charge in [-0.3, -0.25) is 24.0 Å². The minimum Gasteiger partial charge on any atom is -0.361 e. The molecule has 0 aliphatic carbocycles. The molecule has 2 fully saturated rings. The molecule has 2 aliphatic rings. The zero-order valence-electron chi connectivity index (χ0n) is 37.9. The molecule has 2 aliphatic heterocycles. The third-order valence-electron chi connectivity index (χ3n) is 12.1. The number of likely N-dealkylation sites (N-methyl/N-ethyl adjacent to an activating group) is 1. The minimum atomic E-state index is -1.25. The Bertz CT molecular complexity index is 2500. The number of fused-ring (bicyclic) bond motifs is 2. The van der Waals surface area contributed by atoms with Gasteiger partial charge in [0.15, 0.2) is 24.1 Å². The summed E-state index contributed by atoms with van der Waals surface area (Å²) in [6.45, 7) is 3.73. The summed E-state index contributed by atoms with van der Waals surface area (Å²) in [7, 11) is 1.68. The maximum absolute atomic E-state index is 14.6. The Kier molecular flexibility index (Phi) is 16.1. The highest BCUT2D eigenvalue weighted by molar-refractivity contribution is 6.09. The number of hydrogen-bond donors (Lipinski definition) is 7. The number of H-pyrrole nitrogens is 1. The molecule has 1 unspecified atom stereocenters. The van der Waals surface area contributed by atoms with Crippen LogP contribution in [0, 0.1) is 0 Å². The maximum atomic E-state index is 14.6. The van der Waals surface area contributed by atoms with Crippen molar-refractivity contribution in [1.29, 1.82) is 0 Å². The van der Waals surface area contributed by atoms with Crippen molar-refractivity contribution < 1.29 is 43.0 Å². The molecule has 2 saturated heterocycles. The van der Waals surface area contributed by atoms with E-state index in [0.717, 1.165) is 22.0 Å². The van der Waals surface area contributed by atoms with Gasteiger partial charge in [-0.2, -0.15) is 0 Å². The number of amides is 4. The van der Waals surface area contributed by atoms with E-state index in [1.54, 1.807) is 75.6 Å². The molecule has 7 rings (SSSR count). The van der Waals surface area contributed by atoms with E-state index in [-0.39, 0.29) is 25.0 Å². The summed E-state index contributed by atoms with van der Waals surface area (Å²) in [6.07, 6.45) is 1.11. The van der Waals surface area contributed by atoms with E-state index in [9.17, 15) is 28.8 Å². The molecule has 0 radical (unpaired) electrons. The predicted molar refractivity (Wildman–Crippen MR) is 250 cm³/mol. The van der Waals surface area contributed by atoms with E-state index in [1.807, 2.05) is 60.7 Å². The maximum Gasteiger partial charge on any atom is 0.243 e. The number of carbonyl (C=O) groups is 6. The molecular formula is C51H59N7O9. The number of aromatic amines is 1. The molecule has 4 amide bonds. The number of nitrogens with one attached hydrogen (secondary N) is 6. The van der Waals surface area contributed by atoms with Crippen LogP contribution in [0.4, 0.5) is 0 Å². The normalized spacial score (nSPS) is 20.2. The Balaban J connectivity index is 1.14. The summed E-state index contributed by atoms with van der Waals surface area (Å²) < 4.78 is 17.7. The number of benzene rings is 4. The molecule has 4 aromatic carbocycles. The fourth-order valence-corrected chi connectivity index (χ4v) is 8.56. The van der Waals surface area contributed by atoms with Crippen molar-refractivity contribution in [3.05, 3.63) is 143 Å². The van der Waals surface area contributed by atoms with Gasteiger partial charge in [-0.1, -0.05) is 103 Å². The van der Waals surface area contributed by atoms with Gasteiger partial charge in [-0.05, 0) is 75.9 Å². The quantitative estimate of drug-likeness (QED) is 0.0303. The molecule has 5 aromatic rings. The van der Waals surface area contributed by atoms with Gasteiger partial charge >= 0.3 is 0 Å². The van der Waals surface area contributed by atoms with Crippen molar-refractivity contribution in [3.63, 3.8) is 0 Å². The number of carbonyl (C=O) groups excluding carboxylic acids is 6. The lowest BCUT2D eigenvalue weighted by atomic mass is 9.98. The minimum absolute atomic E-state index is 0.0385. The van der Waals surface area contributed by atoms with Gasteiger partial charge in [-0.25, -0.2) is 0 Å². The third-order valence-corrected chi connectivity index (χ3v) is 12.1. The molecule has 352 valence electrons. The monoisotopic (exact) mass is 913 g/mol. The van der Waals surface area contributed by atoms with Crippen molar-refractivity contribution in [2.45, 2.75) is 107 Å². The van der Waals surface area contributed by atoms with Gasteiger partial charge in [0.2, 0.25) is 23.6 Å². The molecular weight excluding hydrogens is 855 g/mol. The number of rotatable bonds is 22. The molecule has 0 saturated carbocycles. The Labute approximate surface area is 389 Å². The number of nitrogens with two attached hydrogens (primary N) is 1. The average Bonchev–Trinajstić information content (AvgIpc) is 3.99. The molecule has 1 aromatic heterocycles. The van der Waals surface area contributed by atoms with Crippen LogP contribution in [0.5, 0.6) is 0 Å². The summed E-state index contributed by atoms with van der Waals surface area (Å²) in [4.78, 5) is 86.2. The van der Waals surface area contributed by atoms with Crippen LogP contribution in [-0.4, -0.2) is 109 Å². The average molecular weight is 914 g/mol. The first-order chi connectivity index (χ1) is 32.4. The third kappa shape index (κ3) is 12.3. The Hall–Kier alpha value is -6.56. The van der Waals surface area contributed by atoms with E-state index in [2.05, 4.69) is 31.6 Å². The number of para-hydroxylation sites is 1. The van der Waals surface area contributed by atoms with Crippen LogP contribution in [0.2, 0.25) is 0 Å². The van der Waals surface area contributed by atoms with Crippen molar-refractivity contribution in [2.75, 3.05) is 13.6 Å². The number of unbranched alkanes of at least 4 members (excludes halogenated alkanes) is 1. The first-order valence-electron chi connectivity index (χ1n) is 22.7. The van der Waals surface area contributed by atoms with Gasteiger partial charge in [0.05, 0.1) is 12.1 Å². The lowest BCUT2D eigenvalue weighted by molar-refractivity contribution is -0.205. The van der Waals surface area contributed by atoms with Gasteiger partial charge in [-0.15, -0.1) is 0 Å². The smallest absolute Gasteiger partial charge is 0.243 e. The largest absolute Gasteiger partial charge is 0.361 e. The lowest BCUT2D eigenvalue weighted by Crippen LogP contribution is -2.60. The van der Waals surface area contributed by atoms with Crippen LogP contribution < -0.4 is 32.3 Å². The highest BCUT2D eigenvalue weighted by Crippen LogP contribution is 2.37. The van der Waals surface area contributed by atoms with Crippen LogP contribution in [0.1, 0.15) is 65.7 Å². The second kappa shape index (κ2) is 22.3. The predicted octanol–water partition coefficient (Wildman–Crippen LogP) is 3.16. The summed E-state index contributed by atoms with van der Waals surface area (Å²) in [5.74, 6) is -3.56. The standard InChI is InChI=1S/C51H59N7O9/c1-51(2)66-45-43(42(30-59)65-50(45)67-51)58-49(64)40(27-32-21-23-34(24-22-32)44(60)33-16-8-5-9-17-33)56-46(61)38(20-12-13-25-52)55-48(63)41(28-35-29-54-37-19-11-10-18-36(35)37)57-47(62)39(53-3)26-31-14-6-4-7-15-31/h4-11,14-19,21-24,29-30,38-43,45,50,53-54H,12-13,20,25-28,52H2,1-3H3,(H,55,63)(H,56,61)(H,57,62)(H,58,64)/t38-,39-,40-,41+,42+,43+,45?,50+/m0/s1. The van der Waals surface area contributed by atoms with Crippen LogP contribution in [0.3, 0.4) is 0 Å². The summed E-state index contributed by atoms with van der Waals surface area (Å²) in [5.41, 5.74) is 9.99. The van der Waals surface area contributed by atoms with E-state index in [1.165, 1.54) is 0 Å². The zero-order chi connectivity index (χ0) is 47.5. The molecule has 8 atom stereocenters. The molecule has 16 nitrogen and oxygen atoms in total. The van der Waals surface area contributed by atoms with E-state index >= 15 is 0 Å². The fourth-order valence-electron chi connectivity index (χ4n) is 8.56. The number of hydrogen-bond acceptors (Lipinski definition) is 11. The summed E-state index contributed by atoms with van der Waals surface area (Å²) >= 11 is 0. The Morgan fingerprint density at radius 2 is 1.27 bits per heavy atom. The van der Waals surface area contributed by atoms with Crippen LogP contribution in [-0.2, 0) is 57.4 Å². The lowest BCUT2D eigenvalue weighted by Gasteiger charge is -2.28. The van der Waals surface area contributed by atoms with Gasteiger partial charge in [0.1, 0.15) is 30.3 Å². The van der Waals surface area contributed by atoms with Crippen molar-refractivity contribution in [2.24, 2.45) is 5.73 Å². The molecule has 67 heavy (non-hydrogen) atoms.